The average Bonchev–Trinajstić information content (AvgIpc) is 2.67. The molecular formula is C20H23NO4. The highest BCUT2D eigenvalue weighted by Crippen LogP contribution is 2.39. The zero-order valence-electron chi connectivity index (χ0n) is 14.2. The summed E-state index contributed by atoms with van der Waals surface area (Å²) in [6, 6.07) is 19.2. The molecule has 2 aromatic carbocycles. The molecule has 0 radical (unpaired) electrons. The van der Waals surface area contributed by atoms with Crippen LogP contribution in [0.15, 0.2) is 60.7 Å². The average molecular weight is 341 g/mol. The monoisotopic (exact) mass is 341 g/mol. The molecule has 5 nitrogen and oxygen atoms in total. The predicted molar refractivity (Wildman–Crippen MR) is 93.5 cm³/mol. The third-order valence-electron chi connectivity index (χ3n) is 4.89. The van der Waals surface area contributed by atoms with E-state index >= 15 is 0 Å². The van der Waals surface area contributed by atoms with Crippen LogP contribution in [0, 0.1) is 0 Å². The lowest BCUT2D eigenvalue weighted by Gasteiger charge is -2.57. The summed E-state index contributed by atoms with van der Waals surface area (Å²) in [5.74, 6) is -0.171. The van der Waals surface area contributed by atoms with Crippen molar-refractivity contribution in [1.29, 1.82) is 0 Å². The first-order valence-corrected chi connectivity index (χ1v) is 8.37. The molecule has 25 heavy (non-hydrogen) atoms. The fourth-order valence-electron chi connectivity index (χ4n) is 3.25. The molecule has 0 unspecified atom stereocenters. The Balaban J connectivity index is 1.75. The van der Waals surface area contributed by atoms with E-state index in [4.69, 9.17) is 4.74 Å². The number of likely N-dealkylation sites (tertiary alicyclic amines) is 1. The van der Waals surface area contributed by atoms with Crippen molar-refractivity contribution in [2.24, 2.45) is 0 Å². The summed E-state index contributed by atoms with van der Waals surface area (Å²) in [6.45, 7) is 1.98. The van der Waals surface area contributed by atoms with E-state index in [1.54, 1.807) is 11.8 Å². The fourth-order valence-corrected chi connectivity index (χ4v) is 3.25. The summed E-state index contributed by atoms with van der Waals surface area (Å²) in [7, 11) is 0. The van der Waals surface area contributed by atoms with Crippen molar-refractivity contribution < 1.29 is 19.7 Å². The van der Waals surface area contributed by atoms with Crippen LogP contribution in [0.3, 0.4) is 0 Å². The van der Waals surface area contributed by atoms with Gasteiger partial charge in [-0.05, 0) is 18.1 Å². The summed E-state index contributed by atoms with van der Waals surface area (Å²) < 4.78 is 5.82. The van der Waals surface area contributed by atoms with E-state index in [0.29, 0.717) is 6.54 Å². The normalized spacial score (nSPS) is 24.0. The lowest BCUT2D eigenvalue weighted by atomic mass is 9.77. The lowest BCUT2D eigenvalue weighted by molar-refractivity contribution is -0.217. The molecule has 2 aromatic rings. The highest BCUT2D eigenvalue weighted by molar-refractivity contribution is 5.90. The van der Waals surface area contributed by atoms with Gasteiger partial charge in [-0.1, -0.05) is 60.7 Å². The van der Waals surface area contributed by atoms with E-state index in [1.807, 2.05) is 60.7 Å². The third-order valence-corrected chi connectivity index (χ3v) is 4.89. The molecule has 0 bridgehead atoms. The molecule has 5 heteroatoms. The Morgan fingerprint density at radius 2 is 1.64 bits per heavy atom. The number of rotatable bonds is 7. The molecule has 2 N–H and O–H groups in total. The van der Waals surface area contributed by atoms with Gasteiger partial charge in [-0.2, -0.15) is 0 Å². The lowest BCUT2D eigenvalue weighted by Crippen LogP contribution is -2.78. The molecule has 1 amide bonds. The molecule has 1 saturated heterocycles. The number of amides is 1. The van der Waals surface area contributed by atoms with Gasteiger partial charge in [-0.25, -0.2) is 0 Å². The number of carbonyl (C=O) groups is 1. The first kappa shape index (κ1) is 17.6. The zero-order valence-corrected chi connectivity index (χ0v) is 14.2. The number of ether oxygens (including phenoxy) is 1. The van der Waals surface area contributed by atoms with E-state index in [0.717, 1.165) is 11.1 Å². The molecule has 1 aliphatic heterocycles. The highest BCUT2D eigenvalue weighted by atomic mass is 16.5. The summed E-state index contributed by atoms with van der Waals surface area (Å²) in [5, 5.41) is 19.8. The molecule has 0 saturated carbocycles. The number of β-lactam (4-membered cyclic amide) rings is 1. The third kappa shape index (κ3) is 3.31. The molecule has 0 aromatic heterocycles. The summed E-state index contributed by atoms with van der Waals surface area (Å²) in [6.07, 6.45) is -1.85. The summed E-state index contributed by atoms with van der Waals surface area (Å²) >= 11 is 0. The van der Waals surface area contributed by atoms with Crippen molar-refractivity contribution in [2.45, 2.75) is 37.8 Å². The number of carbonyl (C=O) groups excluding carboxylic acids is 1. The Bertz CT molecular complexity index is 706. The molecule has 1 heterocycles. The topological polar surface area (TPSA) is 70.0 Å². The Kier molecular flexibility index (Phi) is 5.18. The van der Waals surface area contributed by atoms with E-state index < -0.39 is 24.4 Å². The van der Waals surface area contributed by atoms with Crippen LogP contribution in [0.25, 0.3) is 0 Å². The molecule has 3 rings (SSSR count). The number of hydrogen-bond acceptors (Lipinski definition) is 4. The van der Waals surface area contributed by atoms with Crippen LogP contribution in [-0.4, -0.2) is 45.4 Å². The van der Waals surface area contributed by atoms with Gasteiger partial charge in [0.1, 0.15) is 11.6 Å². The molecule has 132 valence electrons. The van der Waals surface area contributed by atoms with E-state index in [-0.39, 0.29) is 12.5 Å². The second-order valence-electron chi connectivity index (χ2n) is 6.51. The van der Waals surface area contributed by atoms with Crippen molar-refractivity contribution in [3.8, 4) is 0 Å². The second kappa shape index (κ2) is 7.35. The Hall–Kier alpha value is -2.21. The summed E-state index contributed by atoms with van der Waals surface area (Å²) in [4.78, 5) is 14.2. The van der Waals surface area contributed by atoms with Crippen LogP contribution in [0.5, 0.6) is 0 Å². The molecular weight excluding hydrogens is 318 g/mol. The van der Waals surface area contributed by atoms with Crippen molar-refractivity contribution >= 4 is 5.91 Å². The fraction of sp³-hybridized carbons (Fsp3) is 0.350. The van der Waals surface area contributed by atoms with Gasteiger partial charge in [-0.15, -0.1) is 0 Å². The van der Waals surface area contributed by atoms with Crippen molar-refractivity contribution in [3.05, 3.63) is 71.8 Å². The first-order chi connectivity index (χ1) is 12.1. The van der Waals surface area contributed by atoms with Gasteiger partial charge in [-0.3, -0.25) is 4.79 Å². The second-order valence-corrected chi connectivity index (χ2v) is 6.51. The number of aliphatic hydroxyl groups is 2. The van der Waals surface area contributed by atoms with Gasteiger partial charge >= 0.3 is 0 Å². The Morgan fingerprint density at radius 3 is 2.20 bits per heavy atom. The predicted octanol–water partition coefficient (Wildman–Crippen LogP) is 1.73. The van der Waals surface area contributed by atoms with E-state index in [1.165, 1.54) is 0 Å². The maximum absolute atomic E-state index is 12.6. The minimum absolute atomic E-state index is 0.171. The number of hydrogen-bond donors (Lipinski definition) is 2. The number of aliphatic hydroxyl groups excluding tert-OH is 2. The number of nitrogens with zero attached hydrogens (tertiary/aromatic N) is 1. The van der Waals surface area contributed by atoms with Crippen LogP contribution in [0.1, 0.15) is 18.1 Å². The Morgan fingerprint density at radius 1 is 1.08 bits per heavy atom. The van der Waals surface area contributed by atoms with E-state index in [2.05, 4.69) is 0 Å². The molecule has 1 aliphatic rings. The smallest absolute Gasteiger partial charge is 0.255 e. The first-order valence-electron chi connectivity index (χ1n) is 8.37. The number of benzene rings is 2. The van der Waals surface area contributed by atoms with Crippen molar-refractivity contribution in [1.82, 2.24) is 4.90 Å². The van der Waals surface area contributed by atoms with Gasteiger partial charge in [0.05, 0.1) is 13.2 Å². The van der Waals surface area contributed by atoms with Crippen LogP contribution in [-0.2, 0) is 22.7 Å². The quantitative estimate of drug-likeness (QED) is 0.753. The van der Waals surface area contributed by atoms with Gasteiger partial charge in [0.2, 0.25) is 0 Å². The van der Waals surface area contributed by atoms with Gasteiger partial charge in [0.15, 0.2) is 6.10 Å². The van der Waals surface area contributed by atoms with Crippen LogP contribution in [0.2, 0.25) is 0 Å². The molecule has 0 spiro atoms. The Labute approximate surface area is 147 Å². The zero-order chi connectivity index (χ0) is 17.9. The maximum atomic E-state index is 12.6. The maximum Gasteiger partial charge on any atom is 0.255 e. The SMILES string of the molecule is C[C@]1([C@H](O)CO)[C@@H](OCc2ccccc2)C(=O)N1Cc1ccccc1. The van der Waals surface area contributed by atoms with E-state index in [9.17, 15) is 15.0 Å². The van der Waals surface area contributed by atoms with Gasteiger partial charge in [0.25, 0.3) is 5.91 Å². The van der Waals surface area contributed by atoms with Crippen molar-refractivity contribution in [3.63, 3.8) is 0 Å². The molecule has 1 fully saturated rings. The van der Waals surface area contributed by atoms with Crippen LogP contribution in [0.4, 0.5) is 0 Å². The largest absolute Gasteiger partial charge is 0.394 e. The van der Waals surface area contributed by atoms with Crippen molar-refractivity contribution in [2.75, 3.05) is 6.61 Å². The van der Waals surface area contributed by atoms with Crippen LogP contribution >= 0.6 is 0 Å². The van der Waals surface area contributed by atoms with Gasteiger partial charge < -0.3 is 19.8 Å². The molecule has 0 aliphatic carbocycles. The molecule has 3 atom stereocenters. The minimum Gasteiger partial charge on any atom is -0.394 e. The van der Waals surface area contributed by atoms with Gasteiger partial charge in [0, 0.05) is 6.54 Å². The minimum atomic E-state index is -1.07. The summed E-state index contributed by atoms with van der Waals surface area (Å²) in [5.41, 5.74) is 0.961. The van der Waals surface area contributed by atoms with Crippen LogP contribution < -0.4 is 0 Å². The standard InChI is InChI=1S/C20H23NO4/c1-20(17(23)13-22)18(25-14-16-10-6-3-7-11-16)19(24)21(20)12-15-8-4-2-5-9-15/h2-11,17-18,22-23H,12-14H2,1H3/t17-,18+,20+/m1/s1. The highest BCUT2D eigenvalue weighted by Gasteiger charge is 2.61.